The first-order valence-electron chi connectivity index (χ1n) is 6.89. The number of rotatable bonds is 7. The minimum Gasteiger partial charge on any atom is -0.478 e. The number of nitrogens with zero attached hydrogens (tertiary/aromatic N) is 2. The van der Waals surface area contributed by atoms with E-state index in [2.05, 4.69) is 9.82 Å². The molecule has 0 saturated carbocycles. The summed E-state index contributed by atoms with van der Waals surface area (Å²) in [6.45, 7) is 1.92. The van der Waals surface area contributed by atoms with Gasteiger partial charge in [0.1, 0.15) is 0 Å². The van der Waals surface area contributed by atoms with Gasteiger partial charge in [0.15, 0.2) is 0 Å². The Morgan fingerprint density at radius 3 is 2.74 bits per heavy atom. The van der Waals surface area contributed by atoms with E-state index in [1.807, 2.05) is 0 Å². The molecule has 124 valence electrons. The van der Waals surface area contributed by atoms with Crippen LogP contribution in [-0.4, -0.2) is 41.0 Å². The van der Waals surface area contributed by atoms with E-state index in [4.69, 9.17) is 10.2 Å². The third-order valence-electron chi connectivity index (χ3n) is 3.20. The third-order valence-corrected chi connectivity index (χ3v) is 4.66. The van der Waals surface area contributed by atoms with Crippen LogP contribution in [0.25, 0.3) is 0 Å². The predicted molar refractivity (Wildman–Crippen MR) is 82.9 cm³/mol. The Bertz CT molecular complexity index is 814. The second kappa shape index (κ2) is 6.80. The SMILES string of the molecule is CCc1ccc(C(=O)O)cc1S(=O)(=O)Nc1cnn(CCO)c1. The molecule has 0 aliphatic rings. The van der Waals surface area contributed by atoms with Crippen molar-refractivity contribution in [3.63, 3.8) is 0 Å². The number of aliphatic hydroxyl groups excluding tert-OH is 1. The van der Waals surface area contributed by atoms with Gasteiger partial charge in [0.05, 0.1) is 35.5 Å². The van der Waals surface area contributed by atoms with Crippen LogP contribution in [0.4, 0.5) is 5.69 Å². The maximum Gasteiger partial charge on any atom is 0.335 e. The van der Waals surface area contributed by atoms with E-state index >= 15 is 0 Å². The highest BCUT2D eigenvalue weighted by molar-refractivity contribution is 7.92. The van der Waals surface area contributed by atoms with Gasteiger partial charge in [0.25, 0.3) is 10.0 Å². The van der Waals surface area contributed by atoms with Crippen LogP contribution >= 0.6 is 0 Å². The fourth-order valence-electron chi connectivity index (χ4n) is 2.08. The van der Waals surface area contributed by atoms with Gasteiger partial charge in [0, 0.05) is 6.20 Å². The summed E-state index contributed by atoms with van der Waals surface area (Å²) >= 11 is 0. The number of hydrogen-bond donors (Lipinski definition) is 3. The van der Waals surface area contributed by atoms with Gasteiger partial charge < -0.3 is 10.2 Å². The molecule has 0 atom stereocenters. The molecule has 0 unspecified atom stereocenters. The zero-order valence-electron chi connectivity index (χ0n) is 12.4. The number of aromatic nitrogens is 2. The number of aliphatic hydroxyl groups is 1. The second-order valence-corrected chi connectivity index (χ2v) is 6.45. The van der Waals surface area contributed by atoms with Gasteiger partial charge in [0.2, 0.25) is 0 Å². The second-order valence-electron chi connectivity index (χ2n) is 4.80. The van der Waals surface area contributed by atoms with Gasteiger partial charge in [-0.1, -0.05) is 13.0 Å². The molecule has 0 fully saturated rings. The molecular formula is C14H17N3O5S. The molecule has 1 aromatic heterocycles. The summed E-state index contributed by atoms with van der Waals surface area (Å²) in [5.74, 6) is -1.19. The van der Waals surface area contributed by atoms with E-state index < -0.39 is 16.0 Å². The molecule has 9 heteroatoms. The van der Waals surface area contributed by atoms with E-state index in [1.165, 1.54) is 29.2 Å². The Morgan fingerprint density at radius 1 is 1.39 bits per heavy atom. The average Bonchev–Trinajstić information content (AvgIpc) is 2.93. The van der Waals surface area contributed by atoms with Gasteiger partial charge in [-0.15, -0.1) is 0 Å². The van der Waals surface area contributed by atoms with Gasteiger partial charge in [-0.25, -0.2) is 13.2 Å². The molecule has 0 aliphatic carbocycles. The van der Waals surface area contributed by atoms with Crippen LogP contribution in [0.1, 0.15) is 22.8 Å². The molecule has 8 nitrogen and oxygen atoms in total. The molecule has 2 aromatic rings. The van der Waals surface area contributed by atoms with Crippen molar-refractivity contribution in [3.8, 4) is 0 Å². The molecule has 0 aliphatic heterocycles. The predicted octanol–water partition coefficient (Wildman–Crippen LogP) is 0.937. The number of sulfonamides is 1. The van der Waals surface area contributed by atoms with Crippen LogP contribution in [0.3, 0.4) is 0 Å². The summed E-state index contributed by atoms with van der Waals surface area (Å²) in [6, 6.07) is 4.01. The minimum absolute atomic E-state index is 0.0743. The van der Waals surface area contributed by atoms with Crippen molar-refractivity contribution in [2.24, 2.45) is 0 Å². The first kappa shape index (κ1) is 17.0. The number of carboxylic acids is 1. The number of aryl methyl sites for hydroxylation is 1. The molecule has 0 spiro atoms. The average molecular weight is 339 g/mol. The molecule has 0 amide bonds. The minimum atomic E-state index is -3.94. The van der Waals surface area contributed by atoms with Crippen LogP contribution in [-0.2, 0) is 23.0 Å². The van der Waals surface area contributed by atoms with Crippen molar-refractivity contribution in [2.45, 2.75) is 24.8 Å². The zero-order valence-corrected chi connectivity index (χ0v) is 13.2. The largest absolute Gasteiger partial charge is 0.478 e. The lowest BCUT2D eigenvalue weighted by Gasteiger charge is -2.11. The van der Waals surface area contributed by atoms with Crippen LogP contribution in [0.15, 0.2) is 35.5 Å². The molecule has 1 heterocycles. The van der Waals surface area contributed by atoms with E-state index in [0.717, 1.165) is 6.07 Å². The van der Waals surface area contributed by atoms with Crippen LogP contribution in [0, 0.1) is 0 Å². The van der Waals surface area contributed by atoms with Crippen molar-refractivity contribution in [1.29, 1.82) is 0 Å². The Kier molecular flexibility index (Phi) is 5.02. The van der Waals surface area contributed by atoms with E-state index in [1.54, 1.807) is 6.92 Å². The normalized spacial score (nSPS) is 11.4. The molecular weight excluding hydrogens is 322 g/mol. The van der Waals surface area contributed by atoms with Crippen molar-refractivity contribution >= 4 is 21.7 Å². The summed E-state index contributed by atoms with van der Waals surface area (Å²) in [5.41, 5.74) is 0.657. The number of anilines is 1. The fraction of sp³-hybridized carbons (Fsp3) is 0.286. The highest BCUT2D eigenvalue weighted by Crippen LogP contribution is 2.22. The van der Waals surface area contributed by atoms with Crippen molar-refractivity contribution in [2.75, 3.05) is 11.3 Å². The van der Waals surface area contributed by atoms with Gasteiger partial charge in [-0.05, 0) is 24.1 Å². The van der Waals surface area contributed by atoms with Crippen molar-refractivity contribution in [1.82, 2.24) is 9.78 Å². The number of hydrogen-bond acceptors (Lipinski definition) is 5. The first-order valence-corrected chi connectivity index (χ1v) is 8.38. The van der Waals surface area contributed by atoms with Crippen molar-refractivity contribution in [3.05, 3.63) is 41.7 Å². The number of aromatic carboxylic acids is 1. The smallest absolute Gasteiger partial charge is 0.335 e. The molecule has 0 bridgehead atoms. The molecule has 23 heavy (non-hydrogen) atoms. The molecule has 1 aromatic carbocycles. The number of benzene rings is 1. The summed E-state index contributed by atoms with van der Waals surface area (Å²) in [5, 5.41) is 21.8. The lowest BCUT2D eigenvalue weighted by atomic mass is 10.1. The first-order chi connectivity index (χ1) is 10.9. The summed E-state index contributed by atoms with van der Waals surface area (Å²) < 4.78 is 28.8. The highest BCUT2D eigenvalue weighted by Gasteiger charge is 2.20. The third kappa shape index (κ3) is 3.88. The van der Waals surface area contributed by atoms with Crippen LogP contribution in [0.5, 0.6) is 0 Å². The summed E-state index contributed by atoms with van der Waals surface area (Å²) in [7, 11) is -3.94. The van der Waals surface area contributed by atoms with Crippen molar-refractivity contribution < 1.29 is 23.4 Å². The Labute approximate surface area is 133 Å². The van der Waals surface area contributed by atoms with E-state index in [-0.39, 0.29) is 29.3 Å². The summed E-state index contributed by atoms with van der Waals surface area (Å²) in [6.07, 6.45) is 3.21. The van der Waals surface area contributed by atoms with E-state index in [9.17, 15) is 13.2 Å². The Balaban J connectivity index is 2.37. The lowest BCUT2D eigenvalue weighted by molar-refractivity contribution is 0.0696. The molecule has 0 saturated heterocycles. The maximum absolute atomic E-state index is 12.5. The number of carboxylic acid groups (broad SMARTS) is 1. The van der Waals surface area contributed by atoms with Gasteiger partial charge in [-0.2, -0.15) is 5.10 Å². The Hall–Kier alpha value is -2.39. The topological polar surface area (TPSA) is 122 Å². The monoisotopic (exact) mass is 339 g/mol. The van der Waals surface area contributed by atoms with Gasteiger partial charge in [-0.3, -0.25) is 9.40 Å². The summed E-state index contributed by atoms with van der Waals surface area (Å²) in [4.78, 5) is 11.0. The molecule has 0 radical (unpaired) electrons. The highest BCUT2D eigenvalue weighted by atomic mass is 32.2. The Morgan fingerprint density at radius 2 is 2.13 bits per heavy atom. The number of nitrogens with one attached hydrogen (secondary N) is 1. The standard InChI is InChI=1S/C14H17N3O5S/c1-2-10-3-4-11(14(19)20)7-13(10)23(21,22)16-12-8-15-17(9-12)5-6-18/h3-4,7-9,16,18H,2,5-6H2,1H3,(H,19,20). The van der Waals surface area contributed by atoms with Crippen LogP contribution < -0.4 is 4.72 Å². The van der Waals surface area contributed by atoms with E-state index in [0.29, 0.717) is 12.0 Å². The molecule has 3 N–H and O–H groups in total. The quantitative estimate of drug-likeness (QED) is 0.690. The maximum atomic E-state index is 12.5. The molecule has 2 rings (SSSR count). The van der Waals surface area contributed by atoms with Crippen LogP contribution in [0.2, 0.25) is 0 Å². The van der Waals surface area contributed by atoms with Gasteiger partial charge >= 0.3 is 5.97 Å². The fourth-order valence-corrected chi connectivity index (χ4v) is 3.45. The lowest BCUT2D eigenvalue weighted by Crippen LogP contribution is -2.15. The number of carbonyl (C=O) groups is 1. The zero-order chi connectivity index (χ0) is 17.0.